The molecule has 0 aromatic heterocycles. The fourth-order valence-corrected chi connectivity index (χ4v) is 2.77. The molecule has 2 nitrogen and oxygen atoms in total. The minimum Gasteiger partial charge on any atom is -0.381 e. The predicted molar refractivity (Wildman–Crippen MR) is 86.4 cm³/mol. The normalized spacial score (nSPS) is 16.4. The first-order chi connectivity index (χ1) is 9.56. The van der Waals surface area contributed by atoms with E-state index in [0.717, 1.165) is 13.1 Å². The highest BCUT2D eigenvalue weighted by atomic mass is 15.3. The molecule has 0 atom stereocenters. The van der Waals surface area contributed by atoms with Gasteiger partial charge >= 0.3 is 0 Å². The van der Waals surface area contributed by atoms with Gasteiger partial charge in [-0.3, -0.25) is 0 Å². The molecular weight excluding hydrogens is 244 g/mol. The summed E-state index contributed by atoms with van der Waals surface area (Å²) in [5.41, 5.74) is 5.32. The van der Waals surface area contributed by atoms with Crippen LogP contribution in [0.3, 0.4) is 0 Å². The lowest BCUT2D eigenvalue weighted by atomic mass is 9.96. The molecule has 20 heavy (non-hydrogen) atoms. The van der Waals surface area contributed by atoms with Crippen LogP contribution < -0.4 is 10.2 Å². The van der Waals surface area contributed by atoms with E-state index in [0.29, 0.717) is 0 Å². The fraction of sp³-hybridized carbons (Fsp3) is 0.333. The molecule has 1 N–H and O–H groups in total. The van der Waals surface area contributed by atoms with E-state index < -0.39 is 0 Å². The van der Waals surface area contributed by atoms with Crippen LogP contribution >= 0.6 is 0 Å². The zero-order valence-corrected chi connectivity index (χ0v) is 12.5. The average molecular weight is 266 g/mol. The van der Waals surface area contributed by atoms with Crippen LogP contribution in [-0.2, 0) is 6.54 Å². The molecule has 0 radical (unpaired) electrons. The van der Waals surface area contributed by atoms with Crippen molar-refractivity contribution in [1.82, 2.24) is 0 Å². The monoisotopic (exact) mass is 266 g/mol. The van der Waals surface area contributed by atoms with Crippen LogP contribution in [0.25, 0.3) is 0 Å². The highest BCUT2D eigenvalue weighted by Gasteiger charge is 2.32. The number of aryl methyl sites for hydroxylation is 1. The van der Waals surface area contributed by atoms with Gasteiger partial charge in [-0.1, -0.05) is 42.0 Å². The second-order valence-electron chi connectivity index (χ2n) is 6.25. The van der Waals surface area contributed by atoms with Gasteiger partial charge in [-0.25, -0.2) is 0 Å². The fourth-order valence-electron chi connectivity index (χ4n) is 2.77. The molecule has 0 aliphatic carbocycles. The molecule has 1 aliphatic heterocycles. The first-order valence-electron chi connectivity index (χ1n) is 7.22. The average Bonchev–Trinajstić information content (AvgIpc) is 2.44. The quantitative estimate of drug-likeness (QED) is 0.876. The molecule has 104 valence electrons. The van der Waals surface area contributed by atoms with E-state index in [1.807, 2.05) is 0 Å². The van der Waals surface area contributed by atoms with Crippen molar-refractivity contribution in [2.24, 2.45) is 0 Å². The number of nitrogens with zero attached hydrogens (tertiary/aromatic N) is 1. The van der Waals surface area contributed by atoms with E-state index >= 15 is 0 Å². The topological polar surface area (TPSA) is 15.3 Å². The van der Waals surface area contributed by atoms with Gasteiger partial charge in [0.1, 0.15) is 0 Å². The van der Waals surface area contributed by atoms with Gasteiger partial charge in [0.2, 0.25) is 0 Å². The number of para-hydroxylation sites is 2. The van der Waals surface area contributed by atoms with Gasteiger partial charge in [-0.2, -0.15) is 0 Å². The summed E-state index contributed by atoms with van der Waals surface area (Å²) in [5, 5.41) is 3.54. The summed E-state index contributed by atoms with van der Waals surface area (Å²) in [6.45, 7) is 8.64. The summed E-state index contributed by atoms with van der Waals surface area (Å²) >= 11 is 0. The maximum atomic E-state index is 3.54. The molecule has 0 bridgehead atoms. The van der Waals surface area contributed by atoms with Crippen LogP contribution in [0.4, 0.5) is 11.4 Å². The number of benzene rings is 2. The minimum absolute atomic E-state index is 0.110. The first kappa shape index (κ1) is 13.0. The Morgan fingerprint density at radius 2 is 1.75 bits per heavy atom. The van der Waals surface area contributed by atoms with E-state index in [9.17, 15) is 0 Å². The molecule has 0 saturated heterocycles. The van der Waals surface area contributed by atoms with E-state index in [2.05, 4.69) is 79.5 Å². The Kier molecular flexibility index (Phi) is 3.17. The summed E-state index contributed by atoms with van der Waals surface area (Å²) in [7, 11) is 0. The third kappa shape index (κ3) is 2.38. The van der Waals surface area contributed by atoms with Crippen molar-refractivity contribution < 1.29 is 0 Å². The second-order valence-corrected chi connectivity index (χ2v) is 6.25. The number of nitrogens with one attached hydrogen (secondary N) is 1. The maximum absolute atomic E-state index is 3.54. The van der Waals surface area contributed by atoms with Crippen LogP contribution in [0, 0.1) is 6.92 Å². The molecule has 2 aromatic rings. The van der Waals surface area contributed by atoms with Gasteiger partial charge in [-0.15, -0.1) is 0 Å². The highest BCUT2D eigenvalue weighted by molar-refractivity contribution is 5.73. The second kappa shape index (κ2) is 4.86. The predicted octanol–water partition coefficient (Wildman–Crippen LogP) is 4.21. The third-order valence-electron chi connectivity index (χ3n) is 4.10. The van der Waals surface area contributed by atoms with Gasteiger partial charge in [0, 0.05) is 13.1 Å². The van der Waals surface area contributed by atoms with Gasteiger partial charge in [0.05, 0.1) is 16.9 Å². The van der Waals surface area contributed by atoms with Crippen molar-refractivity contribution in [3.8, 4) is 0 Å². The smallest absolute Gasteiger partial charge is 0.0610 e. The molecular formula is C18H22N2. The van der Waals surface area contributed by atoms with Gasteiger partial charge in [-0.05, 0) is 38.5 Å². The first-order valence-corrected chi connectivity index (χ1v) is 7.22. The van der Waals surface area contributed by atoms with Crippen molar-refractivity contribution in [3.63, 3.8) is 0 Å². The summed E-state index contributed by atoms with van der Waals surface area (Å²) in [5.74, 6) is 0. The Labute approximate surface area is 121 Å². The van der Waals surface area contributed by atoms with Crippen LogP contribution in [0.5, 0.6) is 0 Å². The van der Waals surface area contributed by atoms with E-state index in [-0.39, 0.29) is 5.54 Å². The summed E-state index contributed by atoms with van der Waals surface area (Å²) < 4.78 is 0. The van der Waals surface area contributed by atoms with Gasteiger partial charge in [0.15, 0.2) is 0 Å². The van der Waals surface area contributed by atoms with Gasteiger partial charge in [0.25, 0.3) is 0 Å². The zero-order chi connectivity index (χ0) is 14.2. The Morgan fingerprint density at radius 1 is 1.05 bits per heavy atom. The molecule has 0 unspecified atom stereocenters. The van der Waals surface area contributed by atoms with Crippen LogP contribution in [0.2, 0.25) is 0 Å². The van der Waals surface area contributed by atoms with Crippen molar-refractivity contribution in [2.45, 2.75) is 32.9 Å². The molecule has 0 saturated carbocycles. The molecule has 0 spiro atoms. The molecule has 2 heteroatoms. The zero-order valence-electron chi connectivity index (χ0n) is 12.5. The Morgan fingerprint density at radius 3 is 2.50 bits per heavy atom. The number of fused-ring (bicyclic) bond motifs is 1. The number of hydrogen-bond acceptors (Lipinski definition) is 2. The summed E-state index contributed by atoms with van der Waals surface area (Å²) in [6, 6.07) is 17.4. The van der Waals surface area contributed by atoms with Crippen LogP contribution in [0.1, 0.15) is 25.0 Å². The lowest BCUT2D eigenvalue weighted by Gasteiger charge is -2.45. The van der Waals surface area contributed by atoms with E-state index in [4.69, 9.17) is 0 Å². The Bertz CT molecular complexity index is 599. The van der Waals surface area contributed by atoms with E-state index in [1.54, 1.807) is 0 Å². The Balaban J connectivity index is 1.95. The van der Waals surface area contributed by atoms with Crippen molar-refractivity contribution in [1.29, 1.82) is 0 Å². The summed E-state index contributed by atoms with van der Waals surface area (Å²) in [4.78, 5) is 2.50. The van der Waals surface area contributed by atoms with Crippen LogP contribution in [0.15, 0.2) is 48.5 Å². The van der Waals surface area contributed by atoms with Gasteiger partial charge < -0.3 is 10.2 Å². The van der Waals surface area contributed by atoms with E-state index in [1.165, 1.54) is 22.5 Å². The standard InChI is InChI=1S/C18H22N2/c1-14-8-10-15(11-9-14)12-20-17-7-5-4-6-16(17)19-13-18(20,2)3/h4-11,19H,12-13H2,1-3H3. The molecule has 2 aromatic carbocycles. The minimum atomic E-state index is 0.110. The van der Waals surface area contributed by atoms with Crippen LogP contribution in [-0.4, -0.2) is 12.1 Å². The lowest BCUT2D eigenvalue weighted by molar-refractivity contribution is 0.469. The largest absolute Gasteiger partial charge is 0.381 e. The molecule has 3 rings (SSSR count). The van der Waals surface area contributed by atoms with Crippen molar-refractivity contribution in [3.05, 3.63) is 59.7 Å². The number of anilines is 2. The SMILES string of the molecule is Cc1ccc(CN2c3ccccc3NCC2(C)C)cc1. The maximum Gasteiger partial charge on any atom is 0.0610 e. The molecule has 0 fully saturated rings. The van der Waals surface area contributed by atoms with Crippen molar-refractivity contribution >= 4 is 11.4 Å². The summed E-state index contributed by atoms with van der Waals surface area (Å²) in [6.07, 6.45) is 0. The lowest BCUT2D eigenvalue weighted by Crippen LogP contribution is -2.51. The third-order valence-corrected chi connectivity index (χ3v) is 4.10. The Hall–Kier alpha value is -1.96. The number of hydrogen-bond donors (Lipinski definition) is 1. The van der Waals surface area contributed by atoms with Crippen molar-refractivity contribution in [2.75, 3.05) is 16.8 Å². The number of rotatable bonds is 2. The highest BCUT2D eigenvalue weighted by Crippen LogP contribution is 2.36. The molecule has 1 heterocycles. The molecule has 1 aliphatic rings. The molecule has 0 amide bonds.